The number of likely N-dealkylation sites (tertiary alicyclic amines) is 1. The first-order valence-corrected chi connectivity index (χ1v) is 9.52. The topological polar surface area (TPSA) is 83.7 Å². The van der Waals surface area contributed by atoms with Crippen molar-refractivity contribution < 1.29 is 17.6 Å². The van der Waals surface area contributed by atoms with Gasteiger partial charge in [-0.15, -0.1) is 0 Å². The predicted octanol–water partition coefficient (Wildman–Crippen LogP) is 4.00. The van der Waals surface area contributed by atoms with E-state index in [1.807, 2.05) is 0 Å². The van der Waals surface area contributed by atoms with Crippen molar-refractivity contribution in [2.45, 2.75) is 24.9 Å². The van der Waals surface area contributed by atoms with Crippen LogP contribution in [0.15, 0.2) is 36.5 Å². The summed E-state index contributed by atoms with van der Waals surface area (Å²) in [5.74, 6) is 0.406. The van der Waals surface area contributed by atoms with Crippen molar-refractivity contribution in [1.29, 1.82) is 0 Å². The first-order valence-electron chi connectivity index (χ1n) is 9.52. The maximum Gasteiger partial charge on any atom is 0.401 e. The first kappa shape index (κ1) is 20.3. The maximum atomic E-state index is 13.4. The van der Waals surface area contributed by atoms with Crippen LogP contribution >= 0.6 is 0 Å². The average molecular weight is 420 g/mol. The number of benzene rings is 1. The van der Waals surface area contributed by atoms with E-state index < -0.39 is 12.7 Å². The quantitative estimate of drug-likeness (QED) is 0.624. The van der Waals surface area contributed by atoms with Gasteiger partial charge in [-0.25, -0.2) is 19.3 Å². The van der Waals surface area contributed by atoms with Gasteiger partial charge in [0.2, 0.25) is 5.95 Å². The second kappa shape index (κ2) is 8.02. The molecule has 0 spiro atoms. The Morgan fingerprint density at radius 3 is 2.40 bits per heavy atom. The summed E-state index contributed by atoms with van der Waals surface area (Å²) in [4.78, 5) is 17.6. The molecule has 3 N–H and O–H groups in total. The second-order valence-corrected chi connectivity index (χ2v) is 7.32. The molecular weight excluding hydrogens is 400 g/mol. The van der Waals surface area contributed by atoms with Crippen LogP contribution in [0.2, 0.25) is 0 Å². The number of aromatic amines is 1. The molecule has 0 amide bonds. The lowest BCUT2D eigenvalue weighted by Crippen LogP contribution is -2.39. The van der Waals surface area contributed by atoms with Crippen molar-refractivity contribution in [2.24, 2.45) is 0 Å². The third-order valence-corrected chi connectivity index (χ3v) is 5.15. The molecule has 4 rings (SSSR count). The summed E-state index contributed by atoms with van der Waals surface area (Å²) in [6.07, 6.45) is -1.56. The number of alkyl halides is 3. The number of nitrogens with two attached hydrogens (primary N) is 1. The Kier molecular flexibility index (Phi) is 5.42. The molecule has 0 atom stereocenters. The van der Waals surface area contributed by atoms with Gasteiger partial charge in [0.05, 0.1) is 23.6 Å². The lowest BCUT2D eigenvalue weighted by molar-refractivity contribution is -0.148. The van der Waals surface area contributed by atoms with Crippen molar-refractivity contribution in [1.82, 2.24) is 24.8 Å². The van der Waals surface area contributed by atoms with Crippen LogP contribution in [0.1, 0.15) is 24.6 Å². The SMILES string of the molecule is Nc1nccc(-c2[nH]c(C3CCN(CC(F)(F)F)CC3)nc2-c2ccc(F)cc2)n1. The molecule has 1 saturated heterocycles. The molecule has 30 heavy (non-hydrogen) atoms. The normalized spacial score (nSPS) is 16.1. The van der Waals surface area contributed by atoms with E-state index in [9.17, 15) is 17.6 Å². The number of nitrogen functional groups attached to an aromatic ring is 1. The number of halogens is 4. The van der Waals surface area contributed by atoms with Crippen LogP contribution in [0.3, 0.4) is 0 Å². The van der Waals surface area contributed by atoms with E-state index >= 15 is 0 Å². The second-order valence-electron chi connectivity index (χ2n) is 7.32. The third-order valence-electron chi connectivity index (χ3n) is 5.15. The highest BCUT2D eigenvalue weighted by Crippen LogP contribution is 2.34. The van der Waals surface area contributed by atoms with Crippen LogP contribution in [0.4, 0.5) is 23.5 Å². The minimum Gasteiger partial charge on any atom is -0.368 e. The number of anilines is 1. The van der Waals surface area contributed by atoms with E-state index in [0.29, 0.717) is 54.4 Å². The Balaban J connectivity index is 1.64. The zero-order valence-corrected chi connectivity index (χ0v) is 16.0. The minimum atomic E-state index is -4.20. The summed E-state index contributed by atoms with van der Waals surface area (Å²) in [6, 6.07) is 7.62. The van der Waals surface area contributed by atoms with E-state index in [4.69, 9.17) is 10.7 Å². The van der Waals surface area contributed by atoms with Gasteiger partial charge in [-0.1, -0.05) is 0 Å². The number of imidazole rings is 1. The van der Waals surface area contributed by atoms with Gasteiger partial charge in [0.1, 0.15) is 11.6 Å². The van der Waals surface area contributed by atoms with Crippen molar-refractivity contribution >= 4 is 5.95 Å². The molecule has 0 radical (unpaired) electrons. The van der Waals surface area contributed by atoms with Crippen LogP contribution in [-0.4, -0.2) is 50.6 Å². The monoisotopic (exact) mass is 420 g/mol. The molecule has 3 heterocycles. The molecular formula is C20H20F4N6. The number of aromatic nitrogens is 4. The fourth-order valence-electron chi connectivity index (χ4n) is 3.72. The van der Waals surface area contributed by atoms with Gasteiger partial charge >= 0.3 is 6.18 Å². The van der Waals surface area contributed by atoms with Gasteiger partial charge in [-0.05, 0) is 56.3 Å². The van der Waals surface area contributed by atoms with E-state index in [-0.39, 0.29) is 17.7 Å². The van der Waals surface area contributed by atoms with Gasteiger partial charge in [0.15, 0.2) is 0 Å². The summed E-state index contributed by atoms with van der Waals surface area (Å²) >= 11 is 0. The molecule has 0 bridgehead atoms. The maximum absolute atomic E-state index is 13.4. The molecule has 3 aromatic rings. The third kappa shape index (κ3) is 4.59. The Morgan fingerprint density at radius 1 is 1.07 bits per heavy atom. The molecule has 2 aromatic heterocycles. The highest BCUT2D eigenvalue weighted by Gasteiger charge is 2.33. The summed E-state index contributed by atoms with van der Waals surface area (Å²) in [7, 11) is 0. The largest absolute Gasteiger partial charge is 0.401 e. The standard InChI is InChI=1S/C20H20F4N6/c21-14-3-1-12(2-4-14)16-17(15-5-8-26-19(25)27-15)29-18(28-16)13-6-9-30(10-7-13)11-20(22,23)24/h1-5,8,13H,6-7,9-11H2,(H,28,29)(H2,25,26,27). The summed E-state index contributed by atoms with van der Waals surface area (Å²) in [6.45, 7) is -0.219. The van der Waals surface area contributed by atoms with Crippen molar-refractivity contribution in [2.75, 3.05) is 25.4 Å². The van der Waals surface area contributed by atoms with Crippen LogP contribution in [0, 0.1) is 5.82 Å². The zero-order valence-electron chi connectivity index (χ0n) is 16.0. The number of hydrogen-bond acceptors (Lipinski definition) is 5. The Bertz CT molecular complexity index is 1010. The van der Waals surface area contributed by atoms with Crippen molar-refractivity contribution in [3.8, 4) is 22.6 Å². The highest BCUT2D eigenvalue weighted by molar-refractivity contribution is 5.77. The van der Waals surface area contributed by atoms with E-state index in [1.165, 1.54) is 23.2 Å². The number of hydrogen-bond donors (Lipinski definition) is 2. The van der Waals surface area contributed by atoms with E-state index in [2.05, 4.69) is 15.0 Å². The number of rotatable bonds is 4. The van der Waals surface area contributed by atoms with Gasteiger partial charge in [0.25, 0.3) is 0 Å². The number of nitrogens with one attached hydrogen (secondary N) is 1. The fourth-order valence-corrected chi connectivity index (χ4v) is 3.72. The van der Waals surface area contributed by atoms with Crippen LogP contribution in [0.25, 0.3) is 22.6 Å². The van der Waals surface area contributed by atoms with Gasteiger partial charge in [-0.3, -0.25) is 4.90 Å². The van der Waals surface area contributed by atoms with Crippen LogP contribution in [0.5, 0.6) is 0 Å². The number of H-pyrrole nitrogens is 1. The van der Waals surface area contributed by atoms with Crippen LogP contribution < -0.4 is 5.73 Å². The summed E-state index contributed by atoms with van der Waals surface area (Å²) in [5.41, 5.74) is 8.15. The predicted molar refractivity (Wildman–Crippen MR) is 104 cm³/mol. The van der Waals surface area contributed by atoms with E-state index in [0.717, 1.165) is 0 Å². The molecule has 1 fully saturated rings. The first-order chi connectivity index (χ1) is 14.3. The molecule has 0 saturated carbocycles. The van der Waals surface area contributed by atoms with Crippen molar-refractivity contribution in [3.05, 3.63) is 48.2 Å². The van der Waals surface area contributed by atoms with Gasteiger partial charge in [0, 0.05) is 17.7 Å². The molecule has 1 aliphatic heterocycles. The van der Waals surface area contributed by atoms with Gasteiger partial charge in [-0.2, -0.15) is 13.2 Å². The lowest BCUT2D eigenvalue weighted by atomic mass is 9.96. The Hall–Kier alpha value is -3.01. The Morgan fingerprint density at radius 2 is 1.77 bits per heavy atom. The smallest absolute Gasteiger partial charge is 0.368 e. The number of nitrogens with zero attached hydrogens (tertiary/aromatic N) is 4. The highest BCUT2D eigenvalue weighted by atomic mass is 19.4. The van der Waals surface area contributed by atoms with Crippen molar-refractivity contribution in [3.63, 3.8) is 0 Å². The summed E-state index contributed by atoms with van der Waals surface area (Å²) in [5, 5.41) is 0. The number of piperidine rings is 1. The summed E-state index contributed by atoms with van der Waals surface area (Å²) < 4.78 is 51.3. The average Bonchev–Trinajstić information content (AvgIpc) is 3.13. The zero-order chi connectivity index (χ0) is 21.3. The van der Waals surface area contributed by atoms with Gasteiger partial charge < -0.3 is 10.7 Å². The van der Waals surface area contributed by atoms with Crippen LogP contribution in [-0.2, 0) is 0 Å². The van der Waals surface area contributed by atoms with E-state index in [1.54, 1.807) is 18.2 Å². The molecule has 1 aromatic carbocycles. The molecule has 10 heteroatoms. The molecule has 0 unspecified atom stereocenters. The fraction of sp³-hybridized carbons (Fsp3) is 0.350. The molecule has 0 aliphatic carbocycles. The Labute approximate surface area is 170 Å². The molecule has 6 nitrogen and oxygen atoms in total. The molecule has 158 valence electrons. The minimum absolute atomic E-state index is 0.0124. The molecule has 1 aliphatic rings. The lowest BCUT2D eigenvalue weighted by Gasteiger charge is -2.31.